The molecule has 0 spiro atoms. The molecule has 2 fully saturated rings. The molecular weight excluding hydrogens is 240 g/mol. The van der Waals surface area contributed by atoms with Crippen LogP contribution in [0.4, 0.5) is 0 Å². The van der Waals surface area contributed by atoms with E-state index < -0.39 is 10.0 Å². The van der Waals surface area contributed by atoms with Crippen LogP contribution in [0.15, 0.2) is 0 Å². The molecule has 0 aromatic heterocycles. The molecule has 0 amide bonds. The van der Waals surface area contributed by atoms with Gasteiger partial charge in [-0.1, -0.05) is 0 Å². The average molecular weight is 262 g/mol. The molecule has 100 valence electrons. The molecule has 1 atom stereocenters. The third-order valence-electron chi connectivity index (χ3n) is 3.74. The number of sulfonamides is 1. The van der Waals surface area contributed by atoms with Crippen molar-refractivity contribution in [2.75, 3.05) is 38.5 Å². The highest BCUT2D eigenvalue weighted by atomic mass is 32.2. The summed E-state index contributed by atoms with van der Waals surface area (Å²) >= 11 is 0. The number of likely N-dealkylation sites (tertiary alicyclic amines) is 1. The maximum atomic E-state index is 11.9. The predicted octanol–water partition coefficient (Wildman–Crippen LogP) is -0.131. The average Bonchev–Trinajstić information content (AvgIpc) is 2.95. The Morgan fingerprint density at radius 3 is 2.53 bits per heavy atom. The van der Waals surface area contributed by atoms with Crippen molar-refractivity contribution in [2.45, 2.75) is 31.7 Å². The molecule has 2 aliphatic heterocycles. The van der Waals surface area contributed by atoms with E-state index in [0.29, 0.717) is 25.6 Å². The fourth-order valence-electron chi connectivity index (χ4n) is 2.74. The summed E-state index contributed by atoms with van der Waals surface area (Å²) in [6, 6.07) is 0.418. The number of aliphatic hydroxyl groups is 1. The summed E-state index contributed by atoms with van der Waals surface area (Å²) in [5.41, 5.74) is 0. The maximum absolute atomic E-state index is 11.9. The minimum absolute atomic E-state index is 0.0530. The summed E-state index contributed by atoms with van der Waals surface area (Å²) in [7, 11) is -3.14. The quantitative estimate of drug-likeness (QED) is 0.750. The molecule has 5 nitrogen and oxygen atoms in total. The summed E-state index contributed by atoms with van der Waals surface area (Å²) < 4.78 is 25.5. The Balaban J connectivity index is 1.88. The fourth-order valence-corrected chi connectivity index (χ4v) is 4.28. The molecule has 0 aliphatic carbocycles. The molecule has 0 saturated carbocycles. The number of rotatable bonds is 5. The number of nitrogens with zero attached hydrogens (tertiary/aromatic N) is 2. The third-order valence-corrected chi connectivity index (χ3v) is 5.66. The second-order valence-electron chi connectivity index (χ2n) is 4.94. The van der Waals surface area contributed by atoms with Crippen LogP contribution in [0.2, 0.25) is 0 Å². The van der Waals surface area contributed by atoms with E-state index in [1.54, 1.807) is 4.31 Å². The van der Waals surface area contributed by atoms with E-state index in [9.17, 15) is 8.42 Å². The Morgan fingerprint density at radius 1 is 1.18 bits per heavy atom. The smallest absolute Gasteiger partial charge is 0.214 e. The molecule has 0 aromatic rings. The summed E-state index contributed by atoms with van der Waals surface area (Å²) in [6.45, 7) is 3.48. The van der Waals surface area contributed by atoms with E-state index in [0.717, 1.165) is 19.5 Å². The van der Waals surface area contributed by atoms with Gasteiger partial charge in [-0.25, -0.2) is 12.7 Å². The highest BCUT2D eigenvalue weighted by Gasteiger charge is 2.34. The molecule has 17 heavy (non-hydrogen) atoms. The van der Waals surface area contributed by atoms with E-state index >= 15 is 0 Å². The van der Waals surface area contributed by atoms with Crippen LogP contribution in [-0.2, 0) is 10.0 Å². The van der Waals surface area contributed by atoms with E-state index in [2.05, 4.69) is 4.90 Å². The highest BCUT2D eigenvalue weighted by molar-refractivity contribution is 7.89. The Bertz CT molecular complexity index is 339. The van der Waals surface area contributed by atoms with Gasteiger partial charge in [-0.05, 0) is 38.8 Å². The molecule has 2 saturated heterocycles. The van der Waals surface area contributed by atoms with Gasteiger partial charge < -0.3 is 5.11 Å². The fraction of sp³-hybridized carbons (Fsp3) is 1.00. The lowest BCUT2D eigenvalue weighted by molar-refractivity contribution is 0.250. The number of aliphatic hydroxyl groups excluding tert-OH is 1. The first-order chi connectivity index (χ1) is 8.13. The van der Waals surface area contributed by atoms with Gasteiger partial charge in [-0.3, -0.25) is 4.90 Å². The van der Waals surface area contributed by atoms with Crippen molar-refractivity contribution in [3.8, 4) is 0 Å². The van der Waals surface area contributed by atoms with Gasteiger partial charge in [-0.2, -0.15) is 0 Å². The molecule has 1 unspecified atom stereocenters. The van der Waals surface area contributed by atoms with Gasteiger partial charge in [0.25, 0.3) is 0 Å². The van der Waals surface area contributed by atoms with Crippen LogP contribution >= 0.6 is 0 Å². The SMILES string of the molecule is O=S(=O)(CCCO)N1CCC(N2CCCC2)C1. The standard InChI is InChI=1S/C11H22N2O3S/c14-8-3-9-17(15,16)13-7-4-11(10-13)12-5-1-2-6-12/h11,14H,1-10H2. The first kappa shape index (κ1) is 13.3. The van der Waals surface area contributed by atoms with Crippen molar-refractivity contribution in [2.24, 2.45) is 0 Å². The van der Waals surface area contributed by atoms with Crippen molar-refractivity contribution in [1.82, 2.24) is 9.21 Å². The lowest BCUT2D eigenvalue weighted by Crippen LogP contribution is -2.37. The van der Waals surface area contributed by atoms with Crippen LogP contribution in [0.5, 0.6) is 0 Å². The van der Waals surface area contributed by atoms with E-state index in [1.807, 2.05) is 0 Å². The minimum atomic E-state index is -3.14. The van der Waals surface area contributed by atoms with Gasteiger partial charge in [0.15, 0.2) is 0 Å². The summed E-state index contributed by atoms with van der Waals surface area (Å²) in [5.74, 6) is 0.0796. The van der Waals surface area contributed by atoms with Crippen molar-refractivity contribution in [3.63, 3.8) is 0 Å². The monoisotopic (exact) mass is 262 g/mol. The zero-order chi connectivity index (χ0) is 12.3. The first-order valence-electron chi connectivity index (χ1n) is 6.46. The molecule has 0 radical (unpaired) electrons. The van der Waals surface area contributed by atoms with Gasteiger partial charge in [-0.15, -0.1) is 0 Å². The van der Waals surface area contributed by atoms with Crippen LogP contribution in [0.1, 0.15) is 25.7 Å². The Morgan fingerprint density at radius 2 is 1.88 bits per heavy atom. The molecule has 2 heterocycles. The lowest BCUT2D eigenvalue weighted by Gasteiger charge is -2.23. The van der Waals surface area contributed by atoms with Crippen LogP contribution in [0, 0.1) is 0 Å². The maximum Gasteiger partial charge on any atom is 0.214 e. The number of hydrogen-bond acceptors (Lipinski definition) is 4. The van der Waals surface area contributed by atoms with Crippen LogP contribution in [0.25, 0.3) is 0 Å². The molecule has 2 aliphatic rings. The molecule has 0 aromatic carbocycles. The molecular formula is C11H22N2O3S. The Kier molecular flexibility index (Phi) is 4.41. The minimum Gasteiger partial charge on any atom is -0.396 e. The first-order valence-corrected chi connectivity index (χ1v) is 8.07. The van der Waals surface area contributed by atoms with Crippen molar-refractivity contribution in [1.29, 1.82) is 0 Å². The molecule has 1 N–H and O–H groups in total. The van der Waals surface area contributed by atoms with Crippen molar-refractivity contribution >= 4 is 10.0 Å². The lowest BCUT2D eigenvalue weighted by atomic mass is 10.2. The molecule has 6 heteroatoms. The number of hydrogen-bond donors (Lipinski definition) is 1. The van der Waals surface area contributed by atoms with E-state index in [-0.39, 0.29) is 12.4 Å². The summed E-state index contributed by atoms with van der Waals surface area (Å²) in [4.78, 5) is 2.42. The van der Waals surface area contributed by atoms with Crippen molar-refractivity contribution < 1.29 is 13.5 Å². The topological polar surface area (TPSA) is 60.9 Å². The Labute approximate surface area is 103 Å². The van der Waals surface area contributed by atoms with Crippen LogP contribution in [-0.4, -0.2) is 67.3 Å². The largest absolute Gasteiger partial charge is 0.396 e. The van der Waals surface area contributed by atoms with E-state index in [4.69, 9.17) is 5.11 Å². The normalized spacial score (nSPS) is 27.9. The van der Waals surface area contributed by atoms with E-state index in [1.165, 1.54) is 12.8 Å². The van der Waals surface area contributed by atoms with Gasteiger partial charge in [0.1, 0.15) is 0 Å². The second kappa shape index (κ2) is 5.65. The summed E-state index contributed by atoms with van der Waals surface area (Å²) in [5, 5.41) is 8.71. The van der Waals surface area contributed by atoms with Gasteiger partial charge in [0.05, 0.1) is 5.75 Å². The third kappa shape index (κ3) is 3.19. The van der Waals surface area contributed by atoms with Gasteiger partial charge in [0, 0.05) is 25.7 Å². The zero-order valence-corrected chi connectivity index (χ0v) is 11.0. The molecule has 2 rings (SSSR count). The second-order valence-corrected chi connectivity index (χ2v) is 7.03. The van der Waals surface area contributed by atoms with Gasteiger partial charge >= 0.3 is 0 Å². The molecule has 0 bridgehead atoms. The van der Waals surface area contributed by atoms with Gasteiger partial charge in [0.2, 0.25) is 10.0 Å². The highest BCUT2D eigenvalue weighted by Crippen LogP contribution is 2.22. The predicted molar refractivity (Wildman–Crippen MR) is 66.3 cm³/mol. The zero-order valence-electron chi connectivity index (χ0n) is 10.2. The van der Waals surface area contributed by atoms with Crippen LogP contribution in [0.3, 0.4) is 0 Å². The van der Waals surface area contributed by atoms with Crippen molar-refractivity contribution in [3.05, 3.63) is 0 Å². The van der Waals surface area contributed by atoms with Crippen LogP contribution < -0.4 is 0 Å². The summed E-state index contributed by atoms with van der Waals surface area (Å²) in [6.07, 6.45) is 3.78. The Hall–Kier alpha value is -0.170.